The van der Waals surface area contributed by atoms with E-state index in [9.17, 15) is 9.59 Å². The Hall–Kier alpha value is -1.88. The van der Waals surface area contributed by atoms with Crippen molar-refractivity contribution < 1.29 is 19.4 Å². The van der Waals surface area contributed by atoms with Gasteiger partial charge in [-0.1, -0.05) is 36.8 Å². The molecule has 1 fully saturated rings. The number of ether oxygens (including phenoxy) is 1. The van der Waals surface area contributed by atoms with Crippen molar-refractivity contribution in [3.8, 4) is 0 Å². The molecule has 0 heterocycles. The van der Waals surface area contributed by atoms with Crippen molar-refractivity contribution in [2.45, 2.75) is 32.3 Å². The number of carbonyl (C=O) groups excluding carboxylic acids is 1. The Morgan fingerprint density at radius 1 is 1.24 bits per heavy atom. The van der Waals surface area contributed by atoms with E-state index < -0.39 is 5.97 Å². The van der Waals surface area contributed by atoms with Gasteiger partial charge in [0.25, 0.3) is 0 Å². The number of aliphatic carboxylic acids is 1. The van der Waals surface area contributed by atoms with E-state index in [2.05, 4.69) is 5.32 Å². The van der Waals surface area contributed by atoms with E-state index in [1.54, 1.807) is 0 Å². The number of benzene rings is 1. The third-order valence-electron chi connectivity index (χ3n) is 3.95. The van der Waals surface area contributed by atoms with Crippen molar-refractivity contribution in [2.24, 2.45) is 5.41 Å². The quantitative estimate of drug-likeness (QED) is 0.767. The fourth-order valence-electron chi connectivity index (χ4n) is 2.59. The first-order valence-corrected chi connectivity index (χ1v) is 7.20. The second kappa shape index (κ2) is 7.22. The molecule has 0 radical (unpaired) electrons. The van der Waals surface area contributed by atoms with Crippen molar-refractivity contribution in [3.05, 3.63) is 35.9 Å². The molecule has 0 aliphatic heterocycles. The predicted octanol–water partition coefficient (Wildman–Crippen LogP) is 1.96. The lowest BCUT2D eigenvalue weighted by Gasteiger charge is -2.40. The lowest BCUT2D eigenvalue weighted by atomic mass is 9.66. The van der Waals surface area contributed by atoms with Crippen LogP contribution in [0, 0.1) is 5.41 Å². The fourth-order valence-corrected chi connectivity index (χ4v) is 2.59. The first-order chi connectivity index (χ1) is 10.1. The summed E-state index contributed by atoms with van der Waals surface area (Å²) in [6.45, 7) is 0.819. The topological polar surface area (TPSA) is 75.6 Å². The van der Waals surface area contributed by atoms with Crippen LogP contribution in [0.2, 0.25) is 0 Å². The molecule has 1 aliphatic carbocycles. The Morgan fingerprint density at radius 2 is 1.95 bits per heavy atom. The lowest BCUT2D eigenvalue weighted by Crippen LogP contribution is -2.44. The van der Waals surface area contributed by atoms with E-state index in [-0.39, 0.29) is 24.3 Å². The Bertz CT molecular complexity index is 482. The van der Waals surface area contributed by atoms with Crippen molar-refractivity contribution in [2.75, 3.05) is 13.2 Å². The molecule has 21 heavy (non-hydrogen) atoms. The molecule has 5 nitrogen and oxygen atoms in total. The smallest absolute Gasteiger partial charge is 0.303 e. The minimum Gasteiger partial charge on any atom is -0.481 e. The summed E-state index contributed by atoms with van der Waals surface area (Å²) in [5.74, 6) is -0.994. The molecule has 114 valence electrons. The van der Waals surface area contributed by atoms with Crippen LogP contribution in [0.5, 0.6) is 0 Å². The van der Waals surface area contributed by atoms with Gasteiger partial charge in [0, 0.05) is 6.54 Å². The highest BCUT2D eigenvalue weighted by molar-refractivity contribution is 5.77. The van der Waals surface area contributed by atoms with Crippen molar-refractivity contribution in [1.82, 2.24) is 5.32 Å². The normalized spacial score (nSPS) is 16.0. The molecule has 1 aromatic carbocycles. The highest BCUT2D eigenvalue weighted by atomic mass is 16.5. The molecule has 1 saturated carbocycles. The Morgan fingerprint density at radius 3 is 2.52 bits per heavy atom. The van der Waals surface area contributed by atoms with Gasteiger partial charge in [0.05, 0.1) is 13.0 Å². The van der Waals surface area contributed by atoms with Crippen LogP contribution in [0.25, 0.3) is 0 Å². The maximum Gasteiger partial charge on any atom is 0.303 e. The minimum atomic E-state index is -0.802. The zero-order valence-electron chi connectivity index (χ0n) is 12.0. The SMILES string of the molecule is O=C(O)CC1(CNC(=O)COCc2ccccc2)CCC1. The average Bonchev–Trinajstić information content (AvgIpc) is 2.42. The molecule has 2 rings (SSSR count). The van der Waals surface area contributed by atoms with Crippen LogP contribution in [0.4, 0.5) is 0 Å². The molecule has 1 aromatic rings. The number of hydrogen-bond donors (Lipinski definition) is 2. The Labute approximate surface area is 124 Å². The van der Waals surface area contributed by atoms with Crippen molar-refractivity contribution in [1.29, 1.82) is 0 Å². The van der Waals surface area contributed by atoms with Gasteiger partial charge in [-0.3, -0.25) is 9.59 Å². The van der Waals surface area contributed by atoms with Crippen LogP contribution in [-0.4, -0.2) is 30.1 Å². The van der Waals surface area contributed by atoms with Gasteiger partial charge in [-0.05, 0) is 23.8 Å². The Balaban J connectivity index is 1.66. The monoisotopic (exact) mass is 291 g/mol. The van der Waals surface area contributed by atoms with Gasteiger partial charge in [-0.2, -0.15) is 0 Å². The van der Waals surface area contributed by atoms with Crippen molar-refractivity contribution in [3.63, 3.8) is 0 Å². The van der Waals surface area contributed by atoms with Crippen LogP contribution in [0.15, 0.2) is 30.3 Å². The third-order valence-corrected chi connectivity index (χ3v) is 3.95. The zero-order valence-corrected chi connectivity index (χ0v) is 12.0. The Kier molecular flexibility index (Phi) is 5.33. The first kappa shape index (κ1) is 15.5. The molecular weight excluding hydrogens is 270 g/mol. The van der Waals surface area contributed by atoms with Gasteiger partial charge < -0.3 is 15.2 Å². The maximum atomic E-state index is 11.7. The largest absolute Gasteiger partial charge is 0.481 e. The summed E-state index contributed by atoms with van der Waals surface area (Å²) in [6, 6.07) is 9.65. The predicted molar refractivity (Wildman–Crippen MR) is 77.6 cm³/mol. The molecule has 1 amide bonds. The first-order valence-electron chi connectivity index (χ1n) is 7.20. The van der Waals surface area contributed by atoms with E-state index in [0.717, 1.165) is 24.8 Å². The van der Waals surface area contributed by atoms with Gasteiger partial charge in [-0.15, -0.1) is 0 Å². The van der Waals surface area contributed by atoms with E-state index in [1.165, 1.54) is 0 Å². The molecule has 0 spiro atoms. The van der Waals surface area contributed by atoms with Gasteiger partial charge in [-0.25, -0.2) is 0 Å². The summed E-state index contributed by atoms with van der Waals surface area (Å²) >= 11 is 0. The van der Waals surface area contributed by atoms with E-state index in [4.69, 9.17) is 9.84 Å². The summed E-state index contributed by atoms with van der Waals surface area (Å²) in [4.78, 5) is 22.6. The van der Waals surface area contributed by atoms with Crippen LogP contribution in [-0.2, 0) is 20.9 Å². The van der Waals surface area contributed by atoms with Crippen LogP contribution in [0.1, 0.15) is 31.2 Å². The molecule has 0 atom stereocenters. The van der Waals surface area contributed by atoms with E-state index in [1.807, 2.05) is 30.3 Å². The molecule has 5 heteroatoms. The third kappa shape index (κ3) is 4.86. The zero-order chi connectivity index (χ0) is 15.1. The summed E-state index contributed by atoms with van der Waals surface area (Å²) in [7, 11) is 0. The maximum absolute atomic E-state index is 11.7. The van der Waals surface area contributed by atoms with Crippen molar-refractivity contribution >= 4 is 11.9 Å². The fraction of sp³-hybridized carbons (Fsp3) is 0.500. The van der Waals surface area contributed by atoms with Gasteiger partial charge >= 0.3 is 5.97 Å². The molecule has 0 unspecified atom stereocenters. The molecule has 0 aromatic heterocycles. The summed E-state index contributed by atoms with van der Waals surface area (Å²) in [5.41, 5.74) is 0.771. The number of carboxylic acid groups (broad SMARTS) is 1. The molecule has 2 N–H and O–H groups in total. The number of carboxylic acids is 1. The standard InChI is InChI=1S/C16H21NO4/c18-14(11-21-10-13-5-2-1-3-6-13)17-12-16(7-4-8-16)9-15(19)20/h1-3,5-6H,4,7-12H2,(H,17,18)(H,19,20). The number of rotatable bonds is 8. The summed E-state index contributed by atoms with van der Waals surface area (Å²) in [6.07, 6.45) is 2.89. The molecule has 0 bridgehead atoms. The lowest BCUT2D eigenvalue weighted by molar-refractivity contribution is -0.142. The van der Waals surface area contributed by atoms with Gasteiger partial charge in [0.2, 0.25) is 5.91 Å². The molecule has 0 saturated heterocycles. The molecular formula is C16H21NO4. The number of carbonyl (C=O) groups is 2. The van der Waals surface area contributed by atoms with Gasteiger partial charge in [0.1, 0.15) is 6.61 Å². The highest BCUT2D eigenvalue weighted by Gasteiger charge is 2.39. The second-order valence-electron chi connectivity index (χ2n) is 5.68. The molecule has 1 aliphatic rings. The second-order valence-corrected chi connectivity index (χ2v) is 5.68. The number of hydrogen-bond acceptors (Lipinski definition) is 3. The minimum absolute atomic E-state index is 0.00194. The highest BCUT2D eigenvalue weighted by Crippen LogP contribution is 2.43. The van der Waals surface area contributed by atoms with Crippen LogP contribution >= 0.6 is 0 Å². The van der Waals surface area contributed by atoms with E-state index in [0.29, 0.717) is 13.2 Å². The average molecular weight is 291 g/mol. The number of nitrogens with one attached hydrogen (secondary N) is 1. The number of amides is 1. The van der Waals surface area contributed by atoms with Crippen LogP contribution in [0.3, 0.4) is 0 Å². The van der Waals surface area contributed by atoms with E-state index >= 15 is 0 Å². The van der Waals surface area contributed by atoms with Gasteiger partial charge in [0.15, 0.2) is 0 Å². The summed E-state index contributed by atoms with van der Waals surface area (Å²) < 4.78 is 5.35. The van der Waals surface area contributed by atoms with Crippen LogP contribution < -0.4 is 5.32 Å². The summed E-state index contributed by atoms with van der Waals surface area (Å²) in [5, 5.41) is 11.7.